The smallest absolute Gasteiger partial charge is 0.0509 e. The van der Waals surface area contributed by atoms with Gasteiger partial charge in [0.1, 0.15) is 0 Å². The Balaban J connectivity index is 2.29. The van der Waals surface area contributed by atoms with Crippen LogP contribution in [-0.2, 0) is 4.74 Å². The number of ether oxygens (including phenoxy) is 1. The molecule has 1 aliphatic rings. The lowest BCUT2D eigenvalue weighted by atomic mass is 9.90. The fourth-order valence-corrected chi connectivity index (χ4v) is 2.33. The molecule has 1 aliphatic heterocycles. The van der Waals surface area contributed by atoms with E-state index in [1.165, 1.54) is 25.7 Å². The highest BCUT2D eigenvalue weighted by Gasteiger charge is 2.22. The summed E-state index contributed by atoms with van der Waals surface area (Å²) in [6.07, 6.45) is 8.21. The first-order valence-electron chi connectivity index (χ1n) is 6.30. The third kappa shape index (κ3) is 4.80. The Labute approximate surface area is 94.1 Å². The molecular weight excluding hydrogens is 186 g/mol. The average molecular weight is 211 g/mol. The van der Waals surface area contributed by atoms with Crippen molar-refractivity contribution < 1.29 is 4.74 Å². The predicted octanol–water partition coefficient (Wildman–Crippen LogP) is 2.75. The molecule has 0 amide bonds. The van der Waals surface area contributed by atoms with Gasteiger partial charge in [-0.25, -0.2) is 0 Å². The van der Waals surface area contributed by atoms with E-state index in [0.29, 0.717) is 6.04 Å². The maximum atomic E-state index is 5.56. The molecule has 2 heteroatoms. The van der Waals surface area contributed by atoms with Crippen molar-refractivity contribution in [1.29, 1.82) is 0 Å². The molecule has 1 rings (SSSR count). The summed E-state index contributed by atoms with van der Waals surface area (Å²) in [6, 6.07) is 0.648. The van der Waals surface area contributed by atoms with Crippen LogP contribution in [-0.4, -0.2) is 25.8 Å². The van der Waals surface area contributed by atoms with Crippen molar-refractivity contribution in [3.63, 3.8) is 0 Å². The molecule has 1 fully saturated rings. The molecule has 2 atom stereocenters. The standard InChI is InChI=1S/C13H25NO/c1-3-5-6-9-13(14-4-2)12-8-7-10-15-11-12/h3,12-14H,1,4-11H2,2H3. The molecule has 0 bridgehead atoms. The number of allylic oxidation sites excluding steroid dienone is 1. The van der Waals surface area contributed by atoms with Crippen molar-refractivity contribution in [3.05, 3.63) is 12.7 Å². The van der Waals surface area contributed by atoms with Gasteiger partial charge in [0, 0.05) is 12.6 Å². The minimum atomic E-state index is 0.648. The van der Waals surface area contributed by atoms with Gasteiger partial charge >= 0.3 is 0 Å². The lowest BCUT2D eigenvalue weighted by Crippen LogP contribution is -2.40. The molecule has 0 spiro atoms. The van der Waals surface area contributed by atoms with Gasteiger partial charge in [-0.15, -0.1) is 6.58 Å². The third-order valence-electron chi connectivity index (χ3n) is 3.15. The molecule has 0 saturated carbocycles. The van der Waals surface area contributed by atoms with E-state index in [-0.39, 0.29) is 0 Å². The zero-order valence-electron chi connectivity index (χ0n) is 10.0. The van der Waals surface area contributed by atoms with Crippen molar-refractivity contribution in [2.75, 3.05) is 19.8 Å². The van der Waals surface area contributed by atoms with Crippen molar-refractivity contribution in [2.45, 2.75) is 45.1 Å². The largest absolute Gasteiger partial charge is 0.381 e. The van der Waals surface area contributed by atoms with Gasteiger partial charge in [-0.2, -0.15) is 0 Å². The Morgan fingerprint density at radius 3 is 3.07 bits per heavy atom. The van der Waals surface area contributed by atoms with Crippen molar-refractivity contribution in [2.24, 2.45) is 5.92 Å². The molecule has 15 heavy (non-hydrogen) atoms. The molecule has 1 heterocycles. The minimum absolute atomic E-state index is 0.648. The Bertz CT molecular complexity index is 164. The van der Waals surface area contributed by atoms with E-state index in [1.54, 1.807) is 0 Å². The van der Waals surface area contributed by atoms with E-state index in [2.05, 4.69) is 18.8 Å². The van der Waals surface area contributed by atoms with Gasteiger partial charge in [0.25, 0.3) is 0 Å². The highest BCUT2D eigenvalue weighted by atomic mass is 16.5. The number of hydrogen-bond acceptors (Lipinski definition) is 2. The highest BCUT2D eigenvalue weighted by Crippen LogP contribution is 2.20. The number of rotatable bonds is 7. The summed E-state index contributed by atoms with van der Waals surface area (Å²) in [5.74, 6) is 0.725. The van der Waals surface area contributed by atoms with Gasteiger partial charge in [0.15, 0.2) is 0 Å². The maximum absolute atomic E-state index is 5.56. The number of unbranched alkanes of at least 4 members (excludes halogenated alkanes) is 1. The monoisotopic (exact) mass is 211 g/mol. The fraction of sp³-hybridized carbons (Fsp3) is 0.846. The Morgan fingerprint density at radius 1 is 1.60 bits per heavy atom. The fourth-order valence-electron chi connectivity index (χ4n) is 2.33. The lowest BCUT2D eigenvalue weighted by molar-refractivity contribution is 0.0379. The maximum Gasteiger partial charge on any atom is 0.0509 e. The molecule has 0 aromatic carbocycles. The summed E-state index contributed by atoms with van der Waals surface area (Å²) < 4.78 is 5.56. The molecule has 1 saturated heterocycles. The van der Waals surface area contributed by atoms with Gasteiger partial charge in [0.05, 0.1) is 6.61 Å². The van der Waals surface area contributed by atoms with Gasteiger partial charge in [-0.1, -0.05) is 13.0 Å². The van der Waals surface area contributed by atoms with E-state index >= 15 is 0 Å². The van der Waals surface area contributed by atoms with Crippen molar-refractivity contribution in [3.8, 4) is 0 Å². The van der Waals surface area contributed by atoms with Crippen LogP contribution in [0.2, 0.25) is 0 Å². The first kappa shape index (κ1) is 12.7. The van der Waals surface area contributed by atoms with E-state index in [4.69, 9.17) is 4.74 Å². The summed E-state index contributed by atoms with van der Waals surface area (Å²) in [7, 11) is 0. The summed E-state index contributed by atoms with van der Waals surface area (Å²) in [4.78, 5) is 0. The normalized spacial score (nSPS) is 23.7. The second kappa shape index (κ2) is 7.89. The van der Waals surface area contributed by atoms with Crippen LogP contribution >= 0.6 is 0 Å². The molecule has 1 N–H and O–H groups in total. The van der Waals surface area contributed by atoms with E-state index in [0.717, 1.165) is 32.1 Å². The second-order valence-corrected chi connectivity index (χ2v) is 4.36. The van der Waals surface area contributed by atoms with Crippen LogP contribution in [0.1, 0.15) is 39.0 Å². The topological polar surface area (TPSA) is 21.3 Å². The lowest BCUT2D eigenvalue weighted by Gasteiger charge is -2.30. The number of nitrogens with one attached hydrogen (secondary N) is 1. The Hall–Kier alpha value is -0.340. The second-order valence-electron chi connectivity index (χ2n) is 4.36. The van der Waals surface area contributed by atoms with E-state index in [9.17, 15) is 0 Å². The van der Waals surface area contributed by atoms with E-state index in [1.807, 2.05) is 6.08 Å². The van der Waals surface area contributed by atoms with Crippen LogP contribution in [0.3, 0.4) is 0 Å². The van der Waals surface area contributed by atoms with E-state index < -0.39 is 0 Å². The quantitative estimate of drug-likeness (QED) is 0.516. The van der Waals surface area contributed by atoms with Crippen molar-refractivity contribution >= 4 is 0 Å². The Kier molecular flexibility index (Phi) is 6.69. The van der Waals surface area contributed by atoms with Gasteiger partial charge < -0.3 is 10.1 Å². The van der Waals surface area contributed by atoms with Crippen LogP contribution in [0.4, 0.5) is 0 Å². The average Bonchev–Trinajstić information content (AvgIpc) is 2.29. The zero-order chi connectivity index (χ0) is 10.9. The predicted molar refractivity (Wildman–Crippen MR) is 65.1 cm³/mol. The molecular formula is C13H25NO. The van der Waals surface area contributed by atoms with Gasteiger partial charge in [0.2, 0.25) is 0 Å². The van der Waals surface area contributed by atoms with Crippen LogP contribution in [0.25, 0.3) is 0 Å². The van der Waals surface area contributed by atoms with Crippen LogP contribution < -0.4 is 5.32 Å². The summed E-state index contributed by atoms with van der Waals surface area (Å²) in [5.41, 5.74) is 0. The summed E-state index contributed by atoms with van der Waals surface area (Å²) in [5, 5.41) is 3.60. The molecule has 0 radical (unpaired) electrons. The summed E-state index contributed by atoms with van der Waals surface area (Å²) >= 11 is 0. The first-order chi connectivity index (χ1) is 7.38. The summed E-state index contributed by atoms with van der Waals surface area (Å²) in [6.45, 7) is 8.93. The van der Waals surface area contributed by atoms with Gasteiger partial charge in [-0.3, -0.25) is 0 Å². The highest BCUT2D eigenvalue weighted by molar-refractivity contribution is 4.79. The number of hydrogen-bond donors (Lipinski definition) is 1. The SMILES string of the molecule is C=CCCCC(NCC)C1CCCOC1. The molecule has 0 aromatic rings. The molecule has 0 aromatic heterocycles. The Morgan fingerprint density at radius 2 is 2.47 bits per heavy atom. The van der Waals surface area contributed by atoms with Crippen molar-refractivity contribution in [1.82, 2.24) is 5.32 Å². The molecule has 88 valence electrons. The van der Waals surface area contributed by atoms with Crippen LogP contribution in [0, 0.1) is 5.92 Å². The minimum Gasteiger partial charge on any atom is -0.381 e. The van der Waals surface area contributed by atoms with Crippen LogP contribution in [0.15, 0.2) is 12.7 Å². The van der Waals surface area contributed by atoms with Crippen LogP contribution in [0.5, 0.6) is 0 Å². The molecule has 2 nitrogen and oxygen atoms in total. The molecule has 2 unspecified atom stereocenters. The van der Waals surface area contributed by atoms with Gasteiger partial charge in [-0.05, 0) is 44.6 Å². The molecule has 0 aliphatic carbocycles. The zero-order valence-corrected chi connectivity index (χ0v) is 10.0. The third-order valence-corrected chi connectivity index (χ3v) is 3.15. The first-order valence-corrected chi connectivity index (χ1v) is 6.30.